The molecule has 0 saturated carbocycles. The van der Waals surface area contributed by atoms with E-state index >= 15 is 0 Å². The van der Waals surface area contributed by atoms with Crippen molar-refractivity contribution in [3.8, 4) is 5.75 Å². The largest absolute Gasteiger partial charge is 0.497 e. The molecule has 7 nitrogen and oxygen atoms in total. The third kappa shape index (κ3) is 5.01. The summed E-state index contributed by atoms with van der Waals surface area (Å²) < 4.78 is 26.4. The number of fused-ring (bicyclic) bond motifs is 3. The Morgan fingerprint density at radius 2 is 1.63 bits per heavy atom. The number of hydrogen-bond donors (Lipinski definition) is 1. The Hall–Kier alpha value is -3.75. The number of morpholine rings is 1. The highest BCUT2D eigenvalue weighted by Crippen LogP contribution is 2.30. The van der Waals surface area contributed by atoms with Crippen molar-refractivity contribution < 1.29 is 18.7 Å². The van der Waals surface area contributed by atoms with Crippen molar-refractivity contribution in [2.45, 2.75) is 44.1 Å². The monoisotopic (exact) mass is 514 g/mol. The van der Waals surface area contributed by atoms with Crippen molar-refractivity contribution >= 4 is 16.8 Å². The lowest BCUT2D eigenvalue weighted by molar-refractivity contribution is -0.0843. The van der Waals surface area contributed by atoms with Gasteiger partial charge in [-0.3, -0.25) is 14.4 Å². The zero-order chi connectivity index (χ0) is 26.1. The van der Waals surface area contributed by atoms with Gasteiger partial charge in [0.05, 0.1) is 32.4 Å². The molecule has 2 bridgehead atoms. The molecule has 8 heteroatoms. The smallest absolute Gasteiger partial charge is 0.272 e. The van der Waals surface area contributed by atoms with Crippen molar-refractivity contribution in [2.75, 3.05) is 20.3 Å². The number of methoxy groups -OCH3 is 1. The number of nitrogens with one attached hydrogen (secondary N) is 1. The summed E-state index contributed by atoms with van der Waals surface area (Å²) in [5.41, 5.74) is 3.46. The van der Waals surface area contributed by atoms with Crippen molar-refractivity contribution in [3.05, 3.63) is 95.4 Å². The van der Waals surface area contributed by atoms with E-state index in [0.29, 0.717) is 25.5 Å². The van der Waals surface area contributed by atoms with Crippen molar-refractivity contribution in [2.24, 2.45) is 0 Å². The minimum absolute atomic E-state index is 0.0505. The number of nitrogens with zero attached hydrogens (tertiary/aromatic N) is 3. The highest BCUT2D eigenvalue weighted by atomic mass is 19.1. The van der Waals surface area contributed by atoms with Crippen LogP contribution in [0.5, 0.6) is 5.75 Å². The van der Waals surface area contributed by atoms with Crippen LogP contribution in [0.2, 0.25) is 0 Å². The Labute approximate surface area is 221 Å². The highest BCUT2D eigenvalue weighted by molar-refractivity contribution is 6.05. The van der Waals surface area contributed by atoms with Gasteiger partial charge >= 0.3 is 0 Å². The Morgan fingerprint density at radius 3 is 2.34 bits per heavy atom. The fourth-order valence-electron chi connectivity index (χ4n) is 5.74. The van der Waals surface area contributed by atoms with Crippen LogP contribution in [-0.2, 0) is 17.8 Å². The molecule has 2 fully saturated rings. The normalized spacial score (nSPS) is 21.4. The molecule has 4 aromatic rings. The first-order valence-corrected chi connectivity index (χ1v) is 13.0. The van der Waals surface area contributed by atoms with Gasteiger partial charge in [-0.25, -0.2) is 4.39 Å². The molecule has 38 heavy (non-hydrogen) atoms. The molecule has 1 N–H and O–H groups in total. The molecule has 6 rings (SSSR count). The first-order valence-electron chi connectivity index (χ1n) is 13.0. The van der Waals surface area contributed by atoms with Gasteiger partial charge in [0.25, 0.3) is 5.91 Å². The van der Waals surface area contributed by atoms with E-state index in [-0.39, 0.29) is 29.8 Å². The van der Waals surface area contributed by atoms with Gasteiger partial charge in [0, 0.05) is 30.1 Å². The second-order valence-corrected chi connectivity index (χ2v) is 10.2. The van der Waals surface area contributed by atoms with E-state index in [2.05, 4.69) is 22.3 Å². The molecule has 3 aromatic carbocycles. The quantitative estimate of drug-likeness (QED) is 0.396. The molecular weight excluding hydrogens is 483 g/mol. The fraction of sp³-hybridized carbons (Fsp3) is 0.333. The second kappa shape index (κ2) is 10.6. The average Bonchev–Trinajstić information content (AvgIpc) is 3.29. The second-order valence-electron chi connectivity index (χ2n) is 10.2. The number of amides is 1. The molecule has 0 aliphatic carbocycles. The first kappa shape index (κ1) is 24.6. The van der Waals surface area contributed by atoms with E-state index in [1.54, 1.807) is 19.2 Å². The number of para-hydroxylation sites is 1. The van der Waals surface area contributed by atoms with E-state index < -0.39 is 0 Å². The molecular formula is C30H31FN4O3. The summed E-state index contributed by atoms with van der Waals surface area (Å²) in [7, 11) is 1.68. The van der Waals surface area contributed by atoms with Crippen LogP contribution in [0.15, 0.2) is 72.8 Å². The topological polar surface area (TPSA) is 68.6 Å². The third-order valence-electron chi connectivity index (χ3n) is 7.65. The van der Waals surface area contributed by atoms with Gasteiger partial charge in [-0.15, -0.1) is 0 Å². The van der Waals surface area contributed by atoms with Crippen LogP contribution in [0.25, 0.3) is 10.9 Å². The molecule has 196 valence electrons. The van der Waals surface area contributed by atoms with E-state index in [4.69, 9.17) is 14.6 Å². The summed E-state index contributed by atoms with van der Waals surface area (Å²) in [6.07, 6.45) is 1.65. The lowest BCUT2D eigenvalue weighted by Gasteiger charge is -2.48. The molecule has 1 amide bonds. The predicted molar refractivity (Wildman–Crippen MR) is 143 cm³/mol. The summed E-state index contributed by atoms with van der Waals surface area (Å²) in [5.74, 6) is 0.419. The number of aromatic nitrogens is 2. The number of rotatable bonds is 7. The maximum absolute atomic E-state index is 13.5. The zero-order valence-corrected chi connectivity index (χ0v) is 21.3. The number of carbonyl (C=O) groups excluding carboxylic acids is 1. The average molecular weight is 515 g/mol. The molecule has 0 radical (unpaired) electrons. The minimum Gasteiger partial charge on any atom is -0.497 e. The Balaban J connectivity index is 1.17. The van der Waals surface area contributed by atoms with Gasteiger partial charge in [0.2, 0.25) is 0 Å². The van der Waals surface area contributed by atoms with Gasteiger partial charge in [0.1, 0.15) is 11.6 Å². The standard InChI is InChI=1S/C30H31FN4O3/c1-37-26-12-8-20(9-13-26)16-34-24-14-23(15-25(34)19-38-18-24)32-30(36)29-27-4-2-3-5-28(27)35(33-29)17-21-6-10-22(31)11-7-21/h2-13,23-25H,14-19H2,1H3,(H,32,36). The molecule has 2 atom stereocenters. The number of carbonyl (C=O) groups is 1. The van der Waals surface area contributed by atoms with E-state index in [9.17, 15) is 9.18 Å². The first-order chi connectivity index (χ1) is 18.6. The molecule has 2 saturated heterocycles. The Bertz CT molecular complexity index is 1410. The lowest BCUT2D eigenvalue weighted by Crippen LogP contribution is -2.60. The SMILES string of the molecule is COc1ccc(CN2C3COCC2CC(NC(=O)c2nn(Cc4ccc(F)cc4)c4ccccc24)C3)cc1. The summed E-state index contributed by atoms with van der Waals surface area (Å²) >= 11 is 0. The Morgan fingerprint density at radius 1 is 0.974 bits per heavy atom. The van der Waals surface area contributed by atoms with Gasteiger partial charge in [-0.05, 0) is 54.3 Å². The lowest BCUT2D eigenvalue weighted by atomic mass is 9.89. The zero-order valence-electron chi connectivity index (χ0n) is 21.3. The summed E-state index contributed by atoms with van der Waals surface area (Å²) in [6, 6.07) is 22.8. The fourth-order valence-corrected chi connectivity index (χ4v) is 5.74. The maximum Gasteiger partial charge on any atom is 0.272 e. The van der Waals surface area contributed by atoms with Crippen LogP contribution in [-0.4, -0.2) is 59.0 Å². The predicted octanol–water partition coefficient (Wildman–Crippen LogP) is 4.39. The minimum atomic E-state index is -0.274. The molecule has 2 aliphatic rings. The van der Waals surface area contributed by atoms with Gasteiger partial charge < -0.3 is 14.8 Å². The van der Waals surface area contributed by atoms with Gasteiger partial charge in [0.15, 0.2) is 5.69 Å². The van der Waals surface area contributed by atoms with Crippen LogP contribution in [0.3, 0.4) is 0 Å². The number of halogens is 1. The number of piperidine rings is 1. The van der Waals surface area contributed by atoms with E-state index in [1.165, 1.54) is 17.7 Å². The van der Waals surface area contributed by atoms with Crippen molar-refractivity contribution in [3.63, 3.8) is 0 Å². The highest BCUT2D eigenvalue weighted by Gasteiger charge is 2.39. The van der Waals surface area contributed by atoms with Gasteiger partial charge in [-0.2, -0.15) is 5.10 Å². The number of benzene rings is 3. The molecule has 2 unspecified atom stereocenters. The number of ether oxygens (including phenoxy) is 2. The van der Waals surface area contributed by atoms with Crippen LogP contribution in [0, 0.1) is 5.82 Å². The Kier molecular flexibility index (Phi) is 6.82. The van der Waals surface area contributed by atoms with E-state index in [1.807, 2.05) is 41.1 Å². The van der Waals surface area contributed by atoms with Crippen molar-refractivity contribution in [1.29, 1.82) is 0 Å². The van der Waals surface area contributed by atoms with Crippen LogP contribution < -0.4 is 10.1 Å². The molecule has 1 aromatic heterocycles. The summed E-state index contributed by atoms with van der Waals surface area (Å²) in [6.45, 7) is 2.63. The number of hydrogen-bond acceptors (Lipinski definition) is 5. The van der Waals surface area contributed by atoms with Gasteiger partial charge in [-0.1, -0.05) is 42.5 Å². The maximum atomic E-state index is 13.5. The van der Waals surface area contributed by atoms with Crippen molar-refractivity contribution in [1.82, 2.24) is 20.0 Å². The molecule has 2 aliphatic heterocycles. The molecule has 3 heterocycles. The van der Waals surface area contributed by atoms with Crippen LogP contribution in [0.4, 0.5) is 4.39 Å². The van der Waals surface area contributed by atoms with E-state index in [0.717, 1.165) is 41.6 Å². The third-order valence-corrected chi connectivity index (χ3v) is 7.65. The van der Waals surface area contributed by atoms with Crippen LogP contribution in [0.1, 0.15) is 34.5 Å². The summed E-state index contributed by atoms with van der Waals surface area (Å²) in [4.78, 5) is 16.0. The summed E-state index contributed by atoms with van der Waals surface area (Å²) in [5, 5.41) is 8.78. The van der Waals surface area contributed by atoms with Crippen LogP contribution >= 0.6 is 0 Å². The molecule has 0 spiro atoms.